The summed E-state index contributed by atoms with van der Waals surface area (Å²) >= 11 is 0. The third-order valence-corrected chi connectivity index (χ3v) is 2.19. The third kappa shape index (κ3) is 3.44. The van der Waals surface area contributed by atoms with Crippen LogP contribution in [-0.4, -0.2) is 17.4 Å². The predicted octanol–water partition coefficient (Wildman–Crippen LogP) is 3.62. The number of nitrogens with one attached hydrogen (secondary N) is 1. The van der Waals surface area contributed by atoms with Gasteiger partial charge in [-0.25, -0.2) is 4.79 Å². The zero-order valence-corrected chi connectivity index (χ0v) is 9.77. The molecule has 1 heterocycles. The molecule has 0 saturated heterocycles. The Morgan fingerprint density at radius 1 is 1.20 bits per heavy atom. The molecule has 20 heavy (non-hydrogen) atoms. The van der Waals surface area contributed by atoms with Crippen LogP contribution in [0.15, 0.2) is 40.8 Å². The molecule has 2 N–H and O–H groups in total. The highest BCUT2D eigenvalue weighted by Crippen LogP contribution is 2.32. The van der Waals surface area contributed by atoms with Gasteiger partial charge in [-0.15, -0.1) is 13.2 Å². The average Bonchev–Trinajstić information content (AvgIpc) is 2.78. The van der Waals surface area contributed by atoms with Crippen LogP contribution in [0.5, 0.6) is 5.75 Å². The van der Waals surface area contributed by atoms with Crippen LogP contribution in [0.1, 0.15) is 10.6 Å². The van der Waals surface area contributed by atoms with Gasteiger partial charge in [0.25, 0.3) is 0 Å². The van der Waals surface area contributed by atoms with Crippen molar-refractivity contribution in [3.8, 4) is 5.75 Å². The summed E-state index contributed by atoms with van der Waals surface area (Å²) in [6, 6.07) is 7.79. The molecule has 106 valence electrons. The molecule has 1 aromatic carbocycles. The molecule has 8 heteroatoms. The van der Waals surface area contributed by atoms with E-state index in [1.807, 2.05) is 0 Å². The van der Waals surface area contributed by atoms with E-state index in [0.29, 0.717) is 0 Å². The predicted molar refractivity (Wildman–Crippen MR) is 62.1 cm³/mol. The third-order valence-electron chi connectivity index (χ3n) is 2.19. The number of hydrogen-bond acceptors (Lipinski definition) is 4. The second-order valence-electron chi connectivity index (χ2n) is 3.64. The number of alkyl halides is 3. The van der Waals surface area contributed by atoms with Crippen LogP contribution in [0.2, 0.25) is 0 Å². The number of halogens is 3. The Labute approximate surface area is 110 Å². The molecule has 5 nitrogen and oxygen atoms in total. The normalized spacial score (nSPS) is 11.2. The highest BCUT2D eigenvalue weighted by molar-refractivity contribution is 5.85. The Kier molecular flexibility index (Phi) is 3.55. The first-order valence-electron chi connectivity index (χ1n) is 5.30. The number of ether oxygens (including phenoxy) is 1. The van der Waals surface area contributed by atoms with Crippen LogP contribution in [0.3, 0.4) is 0 Å². The highest BCUT2D eigenvalue weighted by Gasteiger charge is 2.32. The lowest BCUT2D eigenvalue weighted by molar-refractivity contribution is -0.274. The SMILES string of the molecule is O=C(O)c1ccc(Nc2ccccc2OC(F)(F)F)o1. The zero-order valence-electron chi connectivity index (χ0n) is 9.77. The Hall–Kier alpha value is -2.64. The van der Waals surface area contributed by atoms with Crippen molar-refractivity contribution in [3.05, 3.63) is 42.2 Å². The molecular formula is C12H8F3NO4. The number of anilines is 2. The minimum Gasteiger partial charge on any atom is -0.475 e. The van der Waals surface area contributed by atoms with Crippen molar-refractivity contribution < 1.29 is 32.2 Å². The van der Waals surface area contributed by atoms with Gasteiger partial charge in [-0.2, -0.15) is 0 Å². The summed E-state index contributed by atoms with van der Waals surface area (Å²) in [7, 11) is 0. The Bertz CT molecular complexity index is 621. The smallest absolute Gasteiger partial charge is 0.475 e. The van der Waals surface area contributed by atoms with Gasteiger partial charge >= 0.3 is 12.3 Å². The molecule has 0 radical (unpaired) electrons. The molecule has 0 fully saturated rings. The molecule has 0 bridgehead atoms. The van der Waals surface area contributed by atoms with Crippen molar-refractivity contribution in [1.29, 1.82) is 0 Å². The number of benzene rings is 1. The van der Waals surface area contributed by atoms with Gasteiger partial charge in [0.2, 0.25) is 5.76 Å². The van der Waals surface area contributed by atoms with Crippen LogP contribution >= 0.6 is 0 Å². The van der Waals surface area contributed by atoms with E-state index in [1.54, 1.807) is 0 Å². The number of carboxylic acid groups (broad SMARTS) is 1. The number of para-hydroxylation sites is 2. The first kappa shape index (κ1) is 13.8. The van der Waals surface area contributed by atoms with E-state index in [2.05, 4.69) is 10.1 Å². The molecule has 0 aliphatic heterocycles. The van der Waals surface area contributed by atoms with Crippen molar-refractivity contribution in [2.75, 3.05) is 5.32 Å². The van der Waals surface area contributed by atoms with Crippen LogP contribution in [0, 0.1) is 0 Å². The standard InChI is InChI=1S/C12H8F3NO4/c13-12(14,15)20-8-4-2-1-3-7(8)16-10-6-5-9(19-10)11(17)18/h1-6,16H,(H,17,18). The lowest BCUT2D eigenvalue weighted by atomic mass is 10.3. The molecule has 0 unspecified atom stereocenters. The second-order valence-corrected chi connectivity index (χ2v) is 3.64. The molecule has 0 saturated carbocycles. The maximum atomic E-state index is 12.2. The summed E-state index contributed by atoms with van der Waals surface area (Å²) in [5.74, 6) is -2.08. The average molecular weight is 287 g/mol. The van der Waals surface area contributed by atoms with Crippen molar-refractivity contribution in [3.63, 3.8) is 0 Å². The van der Waals surface area contributed by atoms with Gasteiger partial charge in [0.15, 0.2) is 11.6 Å². The molecule has 0 aliphatic carbocycles. The summed E-state index contributed by atoms with van der Waals surface area (Å²) in [6.07, 6.45) is -4.83. The molecular weight excluding hydrogens is 279 g/mol. The van der Waals surface area contributed by atoms with E-state index < -0.39 is 18.1 Å². The number of rotatable bonds is 4. The minimum absolute atomic E-state index is 0.00360. The Morgan fingerprint density at radius 3 is 2.50 bits per heavy atom. The second kappa shape index (κ2) is 5.16. The quantitative estimate of drug-likeness (QED) is 0.898. The van der Waals surface area contributed by atoms with Gasteiger partial charge in [0, 0.05) is 6.07 Å². The Morgan fingerprint density at radius 2 is 1.90 bits per heavy atom. The van der Waals surface area contributed by atoms with Gasteiger partial charge in [-0.1, -0.05) is 12.1 Å². The first-order chi connectivity index (χ1) is 9.35. The molecule has 1 aromatic heterocycles. The van der Waals surface area contributed by atoms with Crippen molar-refractivity contribution in [2.24, 2.45) is 0 Å². The van der Waals surface area contributed by atoms with Gasteiger partial charge < -0.3 is 19.6 Å². The zero-order chi connectivity index (χ0) is 14.8. The van der Waals surface area contributed by atoms with E-state index >= 15 is 0 Å². The van der Waals surface area contributed by atoms with Crippen LogP contribution in [0.25, 0.3) is 0 Å². The fourth-order valence-corrected chi connectivity index (χ4v) is 1.44. The summed E-state index contributed by atoms with van der Waals surface area (Å²) < 4.78 is 45.4. The highest BCUT2D eigenvalue weighted by atomic mass is 19.4. The van der Waals surface area contributed by atoms with Gasteiger partial charge in [0.1, 0.15) is 0 Å². The van der Waals surface area contributed by atoms with E-state index in [4.69, 9.17) is 9.52 Å². The van der Waals surface area contributed by atoms with Crippen LogP contribution < -0.4 is 10.1 Å². The number of carbonyl (C=O) groups is 1. The number of carboxylic acids is 1. The lowest BCUT2D eigenvalue weighted by Crippen LogP contribution is -2.17. The maximum Gasteiger partial charge on any atom is 0.573 e. The molecule has 2 rings (SSSR count). The first-order valence-corrected chi connectivity index (χ1v) is 5.30. The summed E-state index contributed by atoms with van der Waals surface area (Å²) in [5, 5.41) is 11.2. The van der Waals surface area contributed by atoms with Crippen molar-refractivity contribution in [2.45, 2.75) is 6.36 Å². The molecule has 0 atom stereocenters. The van der Waals surface area contributed by atoms with E-state index in [0.717, 1.165) is 6.07 Å². The summed E-state index contributed by atoms with van der Waals surface area (Å²) in [6.45, 7) is 0. The fraction of sp³-hybridized carbons (Fsp3) is 0.0833. The summed E-state index contributed by atoms with van der Waals surface area (Å²) in [5.41, 5.74) is -0.00360. The van der Waals surface area contributed by atoms with Crippen molar-refractivity contribution >= 4 is 17.5 Å². The van der Waals surface area contributed by atoms with Gasteiger partial charge in [-0.3, -0.25) is 0 Å². The fourth-order valence-electron chi connectivity index (χ4n) is 1.44. The number of hydrogen-bond donors (Lipinski definition) is 2. The molecule has 0 aliphatic rings. The monoisotopic (exact) mass is 287 g/mol. The molecule has 2 aromatic rings. The minimum atomic E-state index is -4.83. The number of aromatic carboxylic acids is 1. The Balaban J connectivity index is 2.22. The molecule has 0 amide bonds. The van der Waals surface area contributed by atoms with Gasteiger partial charge in [-0.05, 0) is 18.2 Å². The topological polar surface area (TPSA) is 71.7 Å². The van der Waals surface area contributed by atoms with Crippen molar-refractivity contribution in [1.82, 2.24) is 0 Å². The molecule has 0 spiro atoms. The van der Waals surface area contributed by atoms with Crippen LogP contribution in [-0.2, 0) is 0 Å². The van der Waals surface area contributed by atoms with E-state index in [9.17, 15) is 18.0 Å². The lowest BCUT2D eigenvalue weighted by Gasteiger charge is -2.13. The maximum absolute atomic E-state index is 12.2. The van der Waals surface area contributed by atoms with E-state index in [-0.39, 0.29) is 17.3 Å². The summed E-state index contributed by atoms with van der Waals surface area (Å²) in [4.78, 5) is 10.6. The van der Waals surface area contributed by atoms with Crippen LogP contribution in [0.4, 0.5) is 24.7 Å². The van der Waals surface area contributed by atoms with E-state index in [1.165, 1.54) is 30.3 Å². The largest absolute Gasteiger partial charge is 0.573 e. The van der Waals surface area contributed by atoms with Gasteiger partial charge in [0.05, 0.1) is 5.69 Å². The number of furan rings is 1.